The highest BCUT2D eigenvalue weighted by Gasteiger charge is 2.25. The first-order valence-corrected chi connectivity index (χ1v) is 10.5. The summed E-state index contributed by atoms with van der Waals surface area (Å²) in [5.74, 6) is 0. The topological polar surface area (TPSA) is 47.9 Å². The van der Waals surface area contributed by atoms with Crippen molar-refractivity contribution >= 4 is 23.2 Å². The zero-order chi connectivity index (χ0) is 21.2. The van der Waals surface area contributed by atoms with Gasteiger partial charge in [-0.1, -0.05) is 53.0 Å². The molecule has 1 saturated heterocycles. The molecule has 2 aromatic rings. The Hall–Kier alpha value is -1.14. The highest BCUT2D eigenvalue weighted by molar-refractivity contribution is 6.35. The van der Waals surface area contributed by atoms with Crippen molar-refractivity contribution in [2.24, 2.45) is 0 Å². The molecule has 1 aliphatic rings. The summed E-state index contributed by atoms with van der Waals surface area (Å²) < 4.78 is 16.7. The molecule has 0 spiro atoms. The van der Waals surface area contributed by atoms with Crippen molar-refractivity contribution in [1.82, 2.24) is 0 Å². The van der Waals surface area contributed by atoms with Crippen LogP contribution < -0.4 is 0 Å². The van der Waals surface area contributed by atoms with E-state index in [-0.39, 0.29) is 18.8 Å². The van der Waals surface area contributed by atoms with Gasteiger partial charge in [-0.3, -0.25) is 0 Å². The lowest BCUT2D eigenvalue weighted by Crippen LogP contribution is -2.19. The van der Waals surface area contributed by atoms with Crippen LogP contribution in [0.2, 0.25) is 10.0 Å². The van der Waals surface area contributed by atoms with Crippen molar-refractivity contribution in [3.63, 3.8) is 0 Å². The van der Waals surface area contributed by atoms with Crippen LogP contribution >= 0.6 is 23.2 Å². The normalized spacial score (nSPS) is 18.4. The van der Waals surface area contributed by atoms with Crippen LogP contribution in [0.1, 0.15) is 35.1 Å². The summed E-state index contributed by atoms with van der Waals surface area (Å²) in [5.41, 5.74) is 4.55. The van der Waals surface area contributed by atoms with Gasteiger partial charge in [0.1, 0.15) is 0 Å². The fourth-order valence-corrected chi connectivity index (χ4v) is 3.64. The smallest absolute Gasteiger partial charge is 0.0814 e. The molecule has 0 aromatic heterocycles. The fraction of sp³-hybridized carbons (Fsp3) is 0.478. The van der Waals surface area contributed by atoms with Crippen LogP contribution in [0, 0.1) is 13.8 Å². The second-order valence-corrected chi connectivity index (χ2v) is 8.10. The SMILES string of the molecule is COCC1CCC(COCc2ccc(C)cc2C)O1.OCc1ccc(Cl)cc1Cl. The molecule has 2 aromatic carbocycles. The molecule has 0 aliphatic carbocycles. The zero-order valence-corrected chi connectivity index (χ0v) is 18.8. The molecular formula is C23H30Cl2O4. The van der Waals surface area contributed by atoms with E-state index in [1.807, 2.05) is 0 Å². The molecule has 29 heavy (non-hydrogen) atoms. The Kier molecular flexibility index (Phi) is 10.4. The van der Waals surface area contributed by atoms with Crippen LogP contribution in [0.5, 0.6) is 0 Å². The summed E-state index contributed by atoms with van der Waals surface area (Å²) in [7, 11) is 1.72. The maximum atomic E-state index is 8.68. The summed E-state index contributed by atoms with van der Waals surface area (Å²) in [5, 5.41) is 9.78. The Labute approximate surface area is 183 Å². The van der Waals surface area contributed by atoms with Gasteiger partial charge >= 0.3 is 0 Å². The van der Waals surface area contributed by atoms with Crippen molar-refractivity contribution in [3.05, 3.63) is 68.7 Å². The Morgan fingerprint density at radius 1 is 1.00 bits per heavy atom. The molecule has 0 amide bonds. The lowest BCUT2D eigenvalue weighted by Gasteiger charge is -2.14. The molecule has 6 heteroatoms. The average molecular weight is 441 g/mol. The third kappa shape index (κ3) is 8.25. The first-order valence-electron chi connectivity index (χ1n) is 9.76. The van der Waals surface area contributed by atoms with Gasteiger partial charge in [0.05, 0.1) is 38.6 Å². The van der Waals surface area contributed by atoms with Gasteiger partial charge in [-0.2, -0.15) is 0 Å². The van der Waals surface area contributed by atoms with Crippen LogP contribution in [0.3, 0.4) is 0 Å². The Morgan fingerprint density at radius 2 is 1.69 bits per heavy atom. The fourth-order valence-electron chi connectivity index (χ4n) is 3.17. The van der Waals surface area contributed by atoms with E-state index < -0.39 is 0 Å². The molecule has 1 aliphatic heterocycles. The molecule has 160 valence electrons. The molecule has 1 N–H and O–H groups in total. The van der Waals surface area contributed by atoms with Gasteiger partial charge in [-0.25, -0.2) is 0 Å². The molecule has 2 atom stereocenters. The minimum absolute atomic E-state index is 0.0456. The van der Waals surface area contributed by atoms with Gasteiger partial charge in [-0.05, 0) is 55.5 Å². The Balaban J connectivity index is 0.000000253. The van der Waals surface area contributed by atoms with E-state index in [0.717, 1.165) is 12.8 Å². The predicted molar refractivity (Wildman–Crippen MR) is 118 cm³/mol. The lowest BCUT2D eigenvalue weighted by atomic mass is 10.1. The van der Waals surface area contributed by atoms with Crippen LogP contribution in [-0.4, -0.2) is 37.6 Å². The van der Waals surface area contributed by atoms with Gasteiger partial charge in [0, 0.05) is 17.2 Å². The first-order chi connectivity index (χ1) is 13.9. The lowest BCUT2D eigenvalue weighted by molar-refractivity contribution is -0.0414. The van der Waals surface area contributed by atoms with Crippen LogP contribution in [0.25, 0.3) is 0 Å². The van der Waals surface area contributed by atoms with Crippen molar-refractivity contribution in [2.45, 2.75) is 52.1 Å². The summed E-state index contributed by atoms with van der Waals surface area (Å²) in [6.45, 7) is 6.23. The average Bonchev–Trinajstić information content (AvgIpc) is 3.12. The molecule has 1 heterocycles. The highest BCUT2D eigenvalue weighted by Crippen LogP contribution is 2.21. The third-order valence-electron chi connectivity index (χ3n) is 4.79. The van der Waals surface area contributed by atoms with E-state index in [0.29, 0.717) is 35.4 Å². The molecule has 3 rings (SSSR count). The van der Waals surface area contributed by atoms with E-state index in [9.17, 15) is 0 Å². The number of ether oxygens (including phenoxy) is 3. The van der Waals surface area contributed by atoms with Crippen molar-refractivity contribution in [2.75, 3.05) is 20.3 Å². The molecule has 4 nitrogen and oxygen atoms in total. The van der Waals surface area contributed by atoms with E-state index in [1.165, 1.54) is 16.7 Å². The summed E-state index contributed by atoms with van der Waals surface area (Å²) >= 11 is 11.3. The minimum atomic E-state index is -0.0456. The standard InChI is InChI=1S/C16H24O3.C7H6Cl2O/c1-12-4-5-14(13(2)8-12)9-18-11-16-7-6-15(19-16)10-17-3;8-6-2-1-5(4-10)7(9)3-6/h4-5,8,15-16H,6-7,9-11H2,1-3H3;1-3,10H,4H2. The number of benzene rings is 2. The van der Waals surface area contributed by atoms with Gasteiger partial charge in [0.25, 0.3) is 0 Å². The van der Waals surface area contributed by atoms with E-state index >= 15 is 0 Å². The summed E-state index contributed by atoms with van der Waals surface area (Å²) in [6, 6.07) is 11.5. The highest BCUT2D eigenvalue weighted by atomic mass is 35.5. The number of aliphatic hydroxyl groups excluding tert-OH is 1. The minimum Gasteiger partial charge on any atom is -0.392 e. The number of rotatable bonds is 7. The van der Waals surface area contributed by atoms with Gasteiger partial charge in [0.2, 0.25) is 0 Å². The number of hydrogen-bond donors (Lipinski definition) is 1. The van der Waals surface area contributed by atoms with Crippen molar-refractivity contribution < 1.29 is 19.3 Å². The molecular weight excluding hydrogens is 411 g/mol. The van der Waals surface area contributed by atoms with Gasteiger partial charge in [0.15, 0.2) is 0 Å². The number of methoxy groups -OCH3 is 1. The maximum Gasteiger partial charge on any atom is 0.0814 e. The first kappa shape index (κ1) is 24.1. The number of aliphatic hydroxyl groups is 1. The predicted octanol–water partition coefficient (Wildman–Crippen LogP) is 5.50. The monoisotopic (exact) mass is 440 g/mol. The maximum absolute atomic E-state index is 8.68. The number of halogens is 2. The molecule has 2 unspecified atom stereocenters. The number of hydrogen-bond acceptors (Lipinski definition) is 4. The summed E-state index contributed by atoms with van der Waals surface area (Å²) in [6.07, 6.45) is 2.62. The Bertz CT molecular complexity index is 767. The zero-order valence-electron chi connectivity index (χ0n) is 17.3. The third-order valence-corrected chi connectivity index (χ3v) is 5.38. The van der Waals surface area contributed by atoms with Crippen molar-refractivity contribution in [3.8, 4) is 0 Å². The van der Waals surface area contributed by atoms with E-state index in [4.69, 9.17) is 42.5 Å². The second kappa shape index (κ2) is 12.5. The Morgan fingerprint density at radius 3 is 2.31 bits per heavy atom. The quantitative estimate of drug-likeness (QED) is 0.617. The van der Waals surface area contributed by atoms with E-state index in [2.05, 4.69) is 32.0 Å². The van der Waals surface area contributed by atoms with E-state index in [1.54, 1.807) is 25.3 Å². The van der Waals surface area contributed by atoms with Gasteiger partial charge in [-0.15, -0.1) is 0 Å². The molecule has 0 radical (unpaired) electrons. The molecule has 0 bridgehead atoms. The largest absolute Gasteiger partial charge is 0.392 e. The van der Waals surface area contributed by atoms with Crippen LogP contribution in [0.15, 0.2) is 36.4 Å². The van der Waals surface area contributed by atoms with Crippen molar-refractivity contribution in [1.29, 1.82) is 0 Å². The number of aryl methyl sites for hydroxylation is 2. The molecule has 0 saturated carbocycles. The van der Waals surface area contributed by atoms with Gasteiger partial charge < -0.3 is 19.3 Å². The van der Waals surface area contributed by atoms with Crippen LogP contribution in [-0.2, 0) is 27.4 Å². The summed E-state index contributed by atoms with van der Waals surface area (Å²) in [4.78, 5) is 0. The second-order valence-electron chi connectivity index (χ2n) is 7.25. The molecule has 1 fully saturated rings. The van der Waals surface area contributed by atoms with Crippen LogP contribution in [0.4, 0.5) is 0 Å².